The lowest BCUT2D eigenvalue weighted by Gasteiger charge is -2.16. The Kier molecular flexibility index (Phi) is 4.50. The molecule has 0 fully saturated rings. The summed E-state index contributed by atoms with van der Waals surface area (Å²) >= 11 is 0. The molecular formula is C22H21N3O2. The number of para-hydroxylation sites is 1. The van der Waals surface area contributed by atoms with Crippen molar-refractivity contribution in [1.29, 1.82) is 0 Å². The molecule has 4 rings (SSSR count). The Bertz CT molecular complexity index is 1080. The van der Waals surface area contributed by atoms with Crippen molar-refractivity contribution >= 4 is 16.8 Å². The number of rotatable bonds is 5. The SMILES string of the molecule is Cc1cc(CN(C)C(=O)Cc2c(-c3ccccc3)[nH]c3ccccc23)on1. The Labute approximate surface area is 157 Å². The number of carbonyl (C=O) groups excluding carboxylic acids is 1. The first-order valence-corrected chi connectivity index (χ1v) is 8.93. The summed E-state index contributed by atoms with van der Waals surface area (Å²) in [6.07, 6.45) is 0.317. The lowest BCUT2D eigenvalue weighted by atomic mass is 10.0. The highest BCUT2D eigenvalue weighted by Gasteiger charge is 2.19. The Morgan fingerprint density at radius 1 is 1.11 bits per heavy atom. The van der Waals surface area contributed by atoms with Gasteiger partial charge in [-0.1, -0.05) is 53.7 Å². The number of aromatic amines is 1. The van der Waals surface area contributed by atoms with E-state index in [2.05, 4.69) is 28.3 Å². The van der Waals surface area contributed by atoms with Crippen molar-refractivity contribution in [2.45, 2.75) is 19.9 Å². The highest BCUT2D eigenvalue weighted by molar-refractivity contribution is 5.95. The minimum absolute atomic E-state index is 0.0333. The number of amides is 1. The van der Waals surface area contributed by atoms with E-state index >= 15 is 0 Å². The predicted octanol–water partition coefficient (Wildman–Crippen LogP) is 4.33. The summed E-state index contributed by atoms with van der Waals surface area (Å²) in [5, 5.41) is 4.96. The third kappa shape index (κ3) is 3.49. The maximum atomic E-state index is 12.9. The maximum Gasteiger partial charge on any atom is 0.227 e. The van der Waals surface area contributed by atoms with Crippen molar-refractivity contribution in [1.82, 2.24) is 15.0 Å². The van der Waals surface area contributed by atoms with Gasteiger partial charge in [-0.05, 0) is 24.1 Å². The van der Waals surface area contributed by atoms with Gasteiger partial charge < -0.3 is 14.4 Å². The molecule has 0 aliphatic heterocycles. The zero-order chi connectivity index (χ0) is 18.8. The summed E-state index contributed by atoms with van der Waals surface area (Å²) < 4.78 is 5.23. The Hall–Kier alpha value is -3.34. The van der Waals surface area contributed by atoms with Gasteiger partial charge in [-0.3, -0.25) is 4.79 Å². The van der Waals surface area contributed by atoms with Gasteiger partial charge in [0.05, 0.1) is 24.4 Å². The number of aryl methyl sites for hydroxylation is 1. The summed E-state index contributed by atoms with van der Waals surface area (Å²) in [5.74, 6) is 0.719. The van der Waals surface area contributed by atoms with E-state index in [0.717, 1.165) is 33.4 Å². The largest absolute Gasteiger partial charge is 0.359 e. The summed E-state index contributed by atoms with van der Waals surface area (Å²) in [4.78, 5) is 18.1. The van der Waals surface area contributed by atoms with Crippen LogP contribution in [0.3, 0.4) is 0 Å². The maximum absolute atomic E-state index is 12.9. The standard InChI is InChI=1S/C22H21N3O2/c1-15-12-17(27-24-15)14-25(2)21(26)13-19-18-10-6-7-11-20(18)23-22(19)16-8-4-3-5-9-16/h3-12,23H,13-14H2,1-2H3. The van der Waals surface area contributed by atoms with E-state index in [1.54, 1.807) is 11.9 Å². The second-order valence-electron chi connectivity index (χ2n) is 6.75. The molecule has 2 heterocycles. The number of aromatic nitrogens is 2. The average molecular weight is 359 g/mol. The molecule has 136 valence electrons. The molecule has 0 bridgehead atoms. The quantitative estimate of drug-likeness (QED) is 0.577. The second kappa shape index (κ2) is 7.11. The first-order chi connectivity index (χ1) is 13.1. The summed E-state index contributed by atoms with van der Waals surface area (Å²) in [5.41, 5.74) is 4.93. The molecule has 0 spiro atoms. The average Bonchev–Trinajstić information content (AvgIpc) is 3.26. The van der Waals surface area contributed by atoms with Crippen LogP contribution in [-0.2, 0) is 17.8 Å². The number of hydrogen-bond acceptors (Lipinski definition) is 3. The normalized spacial score (nSPS) is 11.0. The van der Waals surface area contributed by atoms with E-state index in [9.17, 15) is 4.79 Å². The van der Waals surface area contributed by atoms with Gasteiger partial charge in [0.1, 0.15) is 0 Å². The van der Waals surface area contributed by atoms with Gasteiger partial charge >= 0.3 is 0 Å². The van der Waals surface area contributed by atoms with Crippen molar-refractivity contribution < 1.29 is 9.32 Å². The van der Waals surface area contributed by atoms with Crippen LogP contribution in [0.25, 0.3) is 22.2 Å². The topological polar surface area (TPSA) is 62.1 Å². The smallest absolute Gasteiger partial charge is 0.227 e. The van der Waals surface area contributed by atoms with E-state index in [-0.39, 0.29) is 5.91 Å². The molecule has 4 aromatic rings. The molecule has 0 aliphatic rings. The fourth-order valence-electron chi connectivity index (χ4n) is 3.33. The number of benzene rings is 2. The van der Waals surface area contributed by atoms with Crippen LogP contribution in [0.1, 0.15) is 17.0 Å². The van der Waals surface area contributed by atoms with Crippen molar-refractivity contribution in [2.24, 2.45) is 0 Å². The third-order valence-electron chi connectivity index (χ3n) is 4.70. The van der Waals surface area contributed by atoms with Crippen molar-refractivity contribution in [3.63, 3.8) is 0 Å². The Morgan fingerprint density at radius 3 is 2.59 bits per heavy atom. The number of hydrogen-bond donors (Lipinski definition) is 1. The van der Waals surface area contributed by atoms with E-state index in [1.807, 2.05) is 49.4 Å². The number of fused-ring (bicyclic) bond motifs is 1. The van der Waals surface area contributed by atoms with Crippen LogP contribution in [0.2, 0.25) is 0 Å². The van der Waals surface area contributed by atoms with E-state index in [4.69, 9.17) is 4.52 Å². The summed E-state index contributed by atoms with van der Waals surface area (Å²) in [7, 11) is 1.79. The van der Waals surface area contributed by atoms with Gasteiger partial charge in [-0.25, -0.2) is 0 Å². The first-order valence-electron chi connectivity index (χ1n) is 8.93. The molecule has 27 heavy (non-hydrogen) atoms. The van der Waals surface area contributed by atoms with Crippen LogP contribution >= 0.6 is 0 Å². The van der Waals surface area contributed by atoms with E-state index in [1.165, 1.54) is 0 Å². The molecule has 1 amide bonds. The van der Waals surface area contributed by atoms with Gasteiger partial charge in [-0.15, -0.1) is 0 Å². The molecule has 0 unspecified atom stereocenters. The molecule has 0 atom stereocenters. The Balaban J connectivity index is 1.65. The van der Waals surface area contributed by atoms with Crippen LogP contribution < -0.4 is 0 Å². The van der Waals surface area contributed by atoms with E-state index in [0.29, 0.717) is 18.7 Å². The molecular weight excluding hydrogens is 338 g/mol. The molecule has 2 aromatic heterocycles. The molecule has 0 saturated heterocycles. The molecule has 0 radical (unpaired) electrons. The second-order valence-corrected chi connectivity index (χ2v) is 6.75. The molecule has 2 aromatic carbocycles. The highest BCUT2D eigenvalue weighted by atomic mass is 16.5. The van der Waals surface area contributed by atoms with Crippen LogP contribution in [0.4, 0.5) is 0 Å². The van der Waals surface area contributed by atoms with Gasteiger partial charge in [-0.2, -0.15) is 0 Å². The van der Waals surface area contributed by atoms with Crippen LogP contribution in [0.15, 0.2) is 65.2 Å². The van der Waals surface area contributed by atoms with Gasteiger partial charge in [0, 0.05) is 24.0 Å². The number of nitrogens with one attached hydrogen (secondary N) is 1. The molecule has 0 aliphatic carbocycles. The lowest BCUT2D eigenvalue weighted by Crippen LogP contribution is -2.27. The fraction of sp³-hybridized carbons (Fsp3) is 0.182. The number of carbonyl (C=O) groups is 1. The van der Waals surface area contributed by atoms with Crippen LogP contribution in [0.5, 0.6) is 0 Å². The van der Waals surface area contributed by atoms with Crippen molar-refractivity contribution in [3.05, 3.63) is 77.7 Å². The van der Waals surface area contributed by atoms with Crippen molar-refractivity contribution in [3.8, 4) is 11.3 Å². The van der Waals surface area contributed by atoms with Gasteiger partial charge in [0.15, 0.2) is 5.76 Å². The zero-order valence-corrected chi connectivity index (χ0v) is 15.4. The molecule has 1 N–H and O–H groups in total. The van der Waals surface area contributed by atoms with Gasteiger partial charge in [0.25, 0.3) is 0 Å². The third-order valence-corrected chi connectivity index (χ3v) is 4.70. The first kappa shape index (κ1) is 17.1. The number of H-pyrrole nitrogens is 1. The van der Waals surface area contributed by atoms with E-state index < -0.39 is 0 Å². The fourth-order valence-corrected chi connectivity index (χ4v) is 3.33. The van der Waals surface area contributed by atoms with Crippen LogP contribution in [0, 0.1) is 6.92 Å². The summed E-state index contributed by atoms with van der Waals surface area (Å²) in [6, 6.07) is 20.1. The van der Waals surface area contributed by atoms with Crippen molar-refractivity contribution in [2.75, 3.05) is 7.05 Å². The lowest BCUT2D eigenvalue weighted by molar-refractivity contribution is -0.129. The van der Waals surface area contributed by atoms with Gasteiger partial charge in [0.2, 0.25) is 5.91 Å². The molecule has 5 nitrogen and oxygen atoms in total. The number of likely N-dealkylation sites (N-methyl/N-ethyl adjacent to an activating group) is 1. The highest BCUT2D eigenvalue weighted by Crippen LogP contribution is 2.31. The minimum Gasteiger partial charge on any atom is -0.359 e. The Morgan fingerprint density at radius 2 is 1.85 bits per heavy atom. The number of nitrogens with zero attached hydrogens (tertiary/aromatic N) is 2. The molecule has 0 saturated carbocycles. The van der Waals surface area contributed by atoms with Crippen LogP contribution in [-0.4, -0.2) is 28.0 Å². The monoisotopic (exact) mass is 359 g/mol. The zero-order valence-electron chi connectivity index (χ0n) is 15.4. The predicted molar refractivity (Wildman–Crippen MR) is 105 cm³/mol. The summed E-state index contributed by atoms with van der Waals surface area (Å²) in [6.45, 7) is 2.27. The molecule has 5 heteroatoms. The minimum atomic E-state index is 0.0333.